The molecule has 0 aliphatic rings. The number of aliphatic carboxylic acids is 1. The van der Waals surface area contributed by atoms with Crippen molar-refractivity contribution in [2.24, 2.45) is 11.1 Å². The van der Waals surface area contributed by atoms with Crippen molar-refractivity contribution in [3.63, 3.8) is 0 Å². The summed E-state index contributed by atoms with van der Waals surface area (Å²) in [6, 6.07) is 0. The Morgan fingerprint density at radius 1 is 1.39 bits per heavy atom. The molecule has 0 saturated heterocycles. The van der Waals surface area contributed by atoms with Crippen LogP contribution in [-0.2, 0) is 19.8 Å². The number of carboxylic acids is 1. The van der Waals surface area contributed by atoms with Crippen LogP contribution in [0.5, 0.6) is 0 Å². The number of hydrogen-bond donors (Lipinski definition) is 3. The van der Waals surface area contributed by atoms with E-state index in [0.29, 0.717) is 0 Å². The molecule has 1 amide bonds. The van der Waals surface area contributed by atoms with Gasteiger partial charge >= 0.3 is 5.97 Å². The molecule has 0 aliphatic carbocycles. The first-order valence-corrected chi connectivity index (χ1v) is 6.65. The van der Waals surface area contributed by atoms with Crippen LogP contribution in [0.25, 0.3) is 0 Å². The fraction of sp³-hybridized carbons (Fsp3) is 0.778. The molecule has 0 atom stereocenters. The highest BCUT2D eigenvalue weighted by Gasteiger charge is 2.28. The summed E-state index contributed by atoms with van der Waals surface area (Å²) < 4.78 is 26.4. The molecule has 0 unspecified atom stereocenters. The third kappa shape index (κ3) is 5.43. The average Bonchev–Trinajstić information content (AvgIpc) is 2.23. The van der Waals surface area contributed by atoms with Crippen molar-refractivity contribution in [3.8, 4) is 0 Å². The lowest BCUT2D eigenvalue weighted by Gasteiger charge is -2.23. The second-order valence-electron chi connectivity index (χ2n) is 4.54. The highest BCUT2D eigenvalue weighted by atomic mass is 32.2. The average molecular weight is 281 g/mol. The quantitative estimate of drug-likeness (QED) is 0.511. The van der Waals surface area contributed by atoms with E-state index >= 15 is 0 Å². The zero-order chi connectivity index (χ0) is 14.6. The predicted molar refractivity (Wildman–Crippen MR) is 64.8 cm³/mol. The molecule has 0 spiro atoms. The van der Waals surface area contributed by atoms with Gasteiger partial charge in [0.15, 0.2) is 0 Å². The lowest BCUT2D eigenvalue weighted by Crippen LogP contribution is -2.46. The molecule has 8 nitrogen and oxygen atoms in total. The highest BCUT2D eigenvalue weighted by Crippen LogP contribution is 2.12. The predicted octanol–water partition coefficient (Wildman–Crippen LogP) is -1.26. The number of carbonyl (C=O) groups excluding carboxylic acids is 1. The van der Waals surface area contributed by atoms with Crippen molar-refractivity contribution in [1.29, 1.82) is 0 Å². The number of carboxylic acid groups (broad SMARTS) is 1. The van der Waals surface area contributed by atoms with Gasteiger partial charge in [0.2, 0.25) is 5.91 Å². The summed E-state index contributed by atoms with van der Waals surface area (Å²) >= 11 is 0. The van der Waals surface area contributed by atoms with Crippen LogP contribution in [0.2, 0.25) is 0 Å². The second kappa shape index (κ2) is 6.12. The molecule has 0 bridgehead atoms. The Morgan fingerprint density at radius 3 is 2.28 bits per heavy atom. The standard InChI is InChI=1S/C9H19N3O5S/c1-9(2,8(10)15)6-11-18(16,17)12(3)5-4-7(13)14/h11H,4-6H2,1-3H3,(H2,10,15)(H,13,14). The summed E-state index contributed by atoms with van der Waals surface area (Å²) in [7, 11) is -2.56. The molecule has 0 aromatic heterocycles. The van der Waals surface area contributed by atoms with Gasteiger partial charge in [-0.2, -0.15) is 12.7 Å². The van der Waals surface area contributed by atoms with Crippen LogP contribution in [0.1, 0.15) is 20.3 Å². The normalized spacial score (nSPS) is 12.7. The van der Waals surface area contributed by atoms with E-state index in [1.165, 1.54) is 20.9 Å². The van der Waals surface area contributed by atoms with E-state index in [1.807, 2.05) is 0 Å². The number of rotatable bonds is 8. The third-order valence-electron chi connectivity index (χ3n) is 2.41. The minimum Gasteiger partial charge on any atom is -0.481 e. The topological polar surface area (TPSA) is 130 Å². The van der Waals surface area contributed by atoms with E-state index in [-0.39, 0.29) is 19.5 Å². The molecular formula is C9H19N3O5S. The van der Waals surface area contributed by atoms with Crippen molar-refractivity contribution in [2.75, 3.05) is 20.1 Å². The van der Waals surface area contributed by atoms with Crippen molar-refractivity contribution >= 4 is 22.1 Å². The van der Waals surface area contributed by atoms with Crippen LogP contribution < -0.4 is 10.5 Å². The Labute approximate surface area is 106 Å². The van der Waals surface area contributed by atoms with Crippen LogP contribution in [0.3, 0.4) is 0 Å². The number of nitrogens with zero attached hydrogens (tertiary/aromatic N) is 1. The molecule has 0 aliphatic heterocycles. The van der Waals surface area contributed by atoms with Gasteiger partial charge in [-0.3, -0.25) is 9.59 Å². The molecule has 0 aromatic rings. The molecule has 0 radical (unpaired) electrons. The number of nitrogens with two attached hydrogens (primary N) is 1. The zero-order valence-electron chi connectivity index (χ0n) is 10.6. The molecule has 9 heteroatoms. The molecule has 0 fully saturated rings. The molecule has 0 heterocycles. The summed E-state index contributed by atoms with van der Waals surface area (Å²) in [5.74, 6) is -1.71. The van der Waals surface area contributed by atoms with Gasteiger partial charge in [-0.1, -0.05) is 0 Å². The van der Waals surface area contributed by atoms with Gasteiger partial charge < -0.3 is 10.8 Å². The summed E-state index contributed by atoms with van der Waals surface area (Å²) in [5.41, 5.74) is 4.10. The van der Waals surface area contributed by atoms with Crippen LogP contribution in [0, 0.1) is 5.41 Å². The SMILES string of the molecule is CN(CCC(=O)O)S(=O)(=O)NCC(C)(C)C(N)=O. The summed E-state index contributed by atoms with van der Waals surface area (Å²) in [4.78, 5) is 21.4. The van der Waals surface area contributed by atoms with E-state index < -0.39 is 27.5 Å². The van der Waals surface area contributed by atoms with Gasteiger partial charge in [0.05, 0.1) is 11.8 Å². The molecule has 4 N–H and O–H groups in total. The lowest BCUT2D eigenvalue weighted by atomic mass is 9.93. The van der Waals surface area contributed by atoms with E-state index in [4.69, 9.17) is 10.8 Å². The van der Waals surface area contributed by atoms with Crippen LogP contribution in [0.15, 0.2) is 0 Å². The Morgan fingerprint density at radius 2 is 1.89 bits per heavy atom. The fourth-order valence-electron chi connectivity index (χ4n) is 0.842. The van der Waals surface area contributed by atoms with Gasteiger partial charge in [0.1, 0.15) is 0 Å². The first-order chi connectivity index (χ1) is 7.99. The number of nitrogens with one attached hydrogen (secondary N) is 1. The number of hydrogen-bond acceptors (Lipinski definition) is 4. The van der Waals surface area contributed by atoms with Gasteiger partial charge in [-0.25, -0.2) is 4.72 Å². The summed E-state index contributed by atoms with van der Waals surface area (Å²) in [5, 5.41) is 8.46. The molecule has 0 rings (SSSR count). The first kappa shape index (κ1) is 16.8. The number of primary amides is 1. The number of carbonyl (C=O) groups is 2. The zero-order valence-corrected chi connectivity index (χ0v) is 11.5. The van der Waals surface area contributed by atoms with E-state index in [1.54, 1.807) is 0 Å². The van der Waals surface area contributed by atoms with Crippen LogP contribution in [0.4, 0.5) is 0 Å². The highest BCUT2D eigenvalue weighted by molar-refractivity contribution is 7.87. The monoisotopic (exact) mass is 281 g/mol. The van der Waals surface area contributed by atoms with Crippen molar-refractivity contribution in [3.05, 3.63) is 0 Å². The Balaban J connectivity index is 4.48. The van der Waals surface area contributed by atoms with Gasteiger partial charge in [0, 0.05) is 20.1 Å². The third-order valence-corrected chi connectivity index (χ3v) is 3.93. The largest absolute Gasteiger partial charge is 0.481 e. The first-order valence-electron chi connectivity index (χ1n) is 5.21. The van der Waals surface area contributed by atoms with Gasteiger partial charge in [-0.15, -0.1) is 0 Å². The summed E-state index contributed by atoms with van der Waals surface area (Å²) in [6.45, 7) is 2.72. The van der Waals surface area contributed by atoms with Crippen molar-refractivity contribution < 1.29 is 23.1 Å². The Kier molecular flexibility index (Phi) is 5.71. The minimum atomic E-state index is -3.81. The Bertz CT molecular complexity index is 418. The molecule has 18 heavy (non-hydrogen) atoms. The molecule has 106 valence electrons. The van der Waals surface area contributed by atoms with E-state index in [9.17, 15) is 18.0 Å². The lowest BCUT2D eigenvalue weighted by molar-refractivity contribution is -0.137. The molecular weight excluding hydrogens is 262 g/mol. The minimum absolute atomic E-state index is 0.151. The van der Waals surface area contributed by atoms with Crippen LogP contribution >= 0.6 is 0 Å². The van der Waals surface area contributed by atoms with Crippen molar-refractivity contribution in [1.82, 2.24) is 9.03 Å². The maximum Gasteiger partial charge on any atom is 0.304 e. The Hall–Kier alpha value is -1.19. The van der Waals surface area contributed by atoms with Crippen LogP contribution in [-0.4, -0.2) is 49.8 Å². The van der Waals surface area contributed by atoms with E-state index in [0.717, 1.165) is 4.31 Å². The number of amides is 1. The van der Waals surface area contributed by atoms with Crippen molar-refractivity contribution in [2.45, 2.75) is 20.3 Å². The fourth-order valence-corrected chi connectivity index (χ4v) is 1.94. The smallest absolute Gasteiger partial charge is 0.304 e. The molecule has 0 aromatic carbocycles. The maximum atomic E-state index is 11.7. The summed E-state index contributed by atoms with van der Waals surface area (Å²) in [6.07, 6.45) is -0.295. The molecule has 0 saturated carbocycles. The maximum absolute atomic E-state index is 11.7. The van der Waals surface area contributed by atoms with Gasteiger partial charge in [-0.05, 0) is 13.8 Å². The second-order valence-corrected chi connectivity index (χ2v) is 6.40. The van der Waals surface area contributed by atoms with Gasteiger partial charge in [0.25, 0.3) is 10.2 Å². The van der Waals surface area contributed by atoms with E-state index in [2.05, 4.69) is 4.72 Å².